The topological polar surface area (TPSA) is 69.4 Å². The molecule has 1 rings (SSSR count). The second-order valence-electron chi connectivity index (χ2n) is 7.62. The Balaban J connectivity index is 2.55. The van der Waals surface area contributed by atoms with Gasteiger partial charge in [0.25, 0.3) is 0 Å². The third-order valence-electron chi connectivity index (χ3n) is 4.74. The van der Waals surface area contributed by atoms with Gasteiger partial charge in [-0.2, -0.15) is 0 Å². The molecule has 0 aliphatic heterocycles. The summed E-state index contributed by atoms with van der Waals surface area (Å²) in [4.78, 5) is 0. The Hall–Kier alpha value is -0.130. The summed E-state index contributed by atoms with van der Waals surface area (Å²) < 4.78 is 28.7. The van der Waals surface area contributed by atoms with E-state index >= 15 is 0 Å². The molecular formula is C15H31NO3S. The second kappa shape index (κ2) is 6.75. The highest BCUT2D eigenvalue weighted by molar-refractivity contribution is 7.89. The smallest absolute Gasteiger partial charge is 0.209 e. The van der Waals surface area contributed by atoms with Crippen molar-refractivity contribution in [1.29, 1.82) is 0 Å². The van der Waals surface area contributed by atoms with Crippen LogP contribution in [-0.2, 0) is 14.8 Å². The molecular weight excluding hydrogens is 274 g/mol. The predicted molar refractivity (Wildman–Crippen MR) is 82.8 cm³/mol. The van der Waals surface area contributed by atoms with Crippen LogP contribution in [0.2, 0.25) is 0 Å². The first-order chi connectivity index (χ1) is 8.99. The maximum absolute atomic E-state index is 11.4. The van der Waals surface area contributed by atoms with Crippen molar-refractivity contribution in [1.82, 2.24) is 0 Å². The van der Waals surface area contributed by atoms with Crippen LogP contribution in [0.15, 0.2) is 0 Å². The molecule has 0 aromatic heterocycles. The molecule has 1 saturated carbocycles. The van der Waals surface area contributed by atoms with Crippen LogP contribution in [0.5, 0.6) is 0 Å². The van der Waals surface area contributed by atoms with E-state index in [1.54, 1.807) is 0 Å². The quantitative estimate of drug-likeness (QED) is 0.849. The van der Waals surface area contributed by atoms with E-state index < -0.39 is 10.0 Å². The number of primary sulfonamides is 1. The van der Waals surface area contributed by atoms with Crippen molar-refractivity contribution in [2.24, 2.45) is 28.3 Å². The fourth-order valence-corrected chi connectivity index (χ4v) is 3.89. The van der Waals surface area contributed by atoms with Gasteiger partial charge in [-0.1, -0.05) is 34.6 Å². The summed E-state index contributed by atoms with van der Waals surface area (Å²) >= 11 is 0. The van der Waals surface area contributed by atoms with Crippen LogP contribution >= 0.6 is 0 Å². The standard InChI is InChI=1S/C15H31NO3S/c1-11-6-7-14(8-12(11)2)19-9-13(15(3,4)5)10-20(16,17)18/h11-14H,6-10H2,1-5H3,(H2,16,17,18). The first-order valence-electron chi connectivity index (χ1n) is 7.61. The maximum Gasteiger partial charge on any atom is 0.209 e. The van der Waals surface area contributed by atoms with Crippen molar-refractivity contribution in [3.05, 3.63) is 0 Å². The van der Waals surface area contributed by atoms with Gasteiger partial charge in [0.1, 0.15) is 0 Å². The largest absolute Gasteiger partial charge is 0.378 e. The molecule has 5 heteroatoms. The number of hydrogen-bond acceptors (Lipinski definition) is 3. The minimum absolute atomic E-state index is 0.00479. The van der Waals surface area contributed by atoms with E-state index in [0.29, 0.717) is 12.5 Å². The average Bonchev–Trinajstić information content (AvgIpc) is 2.26. The number of sulfonamides is 1. The van der Waals surface area contributed by atoms with Crippen molar-refractivity contribution in [3.8, 4) is 0 Å². The Labute approximate surface area is 124 Å². The molecule has 4 atom stereocenters. The first-order valence-corrected chi connectivity index (χ1v) is 9.32. The van der Waals surface area contributed by atoms with Crippen molar-refractivity contribution < 1.29 is 13.2 Å². The molecule has 20 heavy (non-hydrogen) atoms. The van der Waals surface area contributed by atoms with E-state index in [9.17, 15) is 8.42 Å². The third-order valence-corrected chi connectivity index (χ3v) is 5.61. The molecule has 0 heterocycles. The van der Waals surface area contributed by atoms with Crippen LogP contribution in [0, 0.1) is 23.2 Å². The molecule has 0 saturated heterocycles. The van der Waals surface area contributed by atoms with Crippen LogP contribution in [0.3, 0.4) is 0 Å². The summed E-state index contributed by atoms with van der Waals surface area (Å²) in [5.74, 6) is 1.37. The summed E-state index contributed by atoms with van der Waals surface area (Å²) in [5, 5.41) is 5.20. The Morgan fingerprint density at radius 1 is 1.20 bits per heavy atom. The second-order valence-corrected chi connectivity index (χ2v) is 9.27. The van der Waals surface area contributed by atoms with Crippen LogP contribution in [0.1, 0.15) is 53.9 Å². The highest BCUT2D eigenvalue weighted by Gasteiger charge is 2.31. The first kappa shape index (κ1) is 17.9. The van der Waals surface area contributed by atoms with Gasteiger partial charge in [0.15, 0.2) is 0 Å². The summed E-state index contributed by atoms with van der Waals surface area (Å²) in [6.45, 7) is 11.2. The Kier molecular flexibility index (Phi) is 6.05. The number of rotatable bonds is 5. The zero-order valence-electron chi connectivity index (χ0n) is 13.6. The lowest BCUT2D eigenvalue weighted by Crippen LogP contribution is -2.37. The zero-order chi connectivity index (χ0) is 15.6. The van der Waals surface area contributed by atoms with E-state index in [1.165, 1.54) is 6.42 Å². The van der Waals surface area contributed by atoms with Gasteiger partial charge < -0.3 is 4.74 Å². The lowest BCUT2D eigenvalue weighted by molar-refractivity contribution is -0.0271. The van der Waals surface area contributed by atoms with Gasteiger partial charge in [0.05, 0.1) is 18.5 Å². The van der Waals surface area contributed by atoms with Crippen LogP contribution in [-0.4, -0.2) is 26.9 Å². The maximum atomic E-state index is 11.4. The number of hydrogen-bond donors (Lipinski definition) is 1. The van der Waals surface area contributed by atoms with Crippen LogP contribution in [0.4, 0.5) is 0 Å². The molecule has 1 aliphatic carbocycles. The Bertz CT molecular complexity index is 400. The highest BCUT2D eigenvalue weighted by atomic mass is 32.2. The molecule has 0 bridgehead atoms. The van der Waals surface area contributed by atoms with Crippen molar-refractivity contribution in [2.45, 2.75) is 60.0 Å². The lowest BCUT2D eigenvalue weighted by Gasteiger charge is -2.35. The van der Waals surface area contributed by atoms with E-state index in [1.807, 2.05) is 20.8 Å². The van der Waals surface area contributed by atoms with E-state index in [-0.39, 0.29) is 23.2 Å². The fourth-order valence-electron chi connectivity index (χ4n) is 2.73. The van der Waals surface area contributed by atoms with Gasteiger partial charge in [-0.05, 0) is 36.5 Å². The molecule has 120 valence electrons. The monoisotopic (exact) mass is 305 g/mol. The normalized spacial score (nSPS) is 30.2. The van der Waals surface area contributed by atoms with Gasteiger partial charge in [-0.25, -0.2) is 13.6 Å². The lowest BCUT2D eigenvalue weighted by atomic mass is 9.80. The van der Waals surface area contributed by atoms with Gasteiger partial charge >= 0.3 is 0 Å². The van der Waals surface area contributed by atoms with Gasteiger partial charge in [0, 0.05) is 5.92 Å². The van der Waals surface area contributed by atoms with Crippen molar-refractivity contribution in [2.75, 3.05) is 12.4 Å². The summed E-state index contributed by atoms with van der Waals surface area (Å²) in [6, 6.07) is 0. The minimum Gasteiger partial charge on any atom is -0.378 e. The fraction of sp³-hybridized carbons (Fsp3) is 1.00. The summed E-state index contributed by atoms with van der Waals surface area (Å²) in [5.41, 5.74) is -0.125. The summed E-state index contributed by atoms with van der Waals surface area (Å²) in [6.07, 6.45) is 3.62. The number of ether oxygens (including phenoxy) is 1. The molecule has 0 aromatic rings. The number of nitrogens with two attached hydrogens (primary N) is 1. The molecule has 0 amide bonds. The molecule has 0 aromatic carbocycles. The molecule has 0 radical (unpaired) electrons. The summed E-state index contributed by atoms with van der Waals surface area (Å²) in [7, 11) is -3.46. The molecule has 1 fully saturated rings. The Morgan fingerprint density at radius 3 is 2.25 bits per heavy atom. The molecule has 0 spiro atoms. The molecule has 1 aliphatic rings. The van der Waals surface area contributed by atoms with Crippen LogP contribution in [0.25, 0.3) is 0 Å². The highest BCUT2D eigenvalue weighted by Crippen LogP contribution is 2.33. The van der Waals surface area contributed by atoms with Crippen LogP contribution < -0.4 is 5.14 Å². The van der Waals surface area contributed by atoms with Gasteiger partial charge in [0.2, 0.25) is 10.0 Å². The molecule has 4 nitrogen and oxygen atoms in total. The predicted octanol–water partition coefficient (Wildman–Crippen LogP) is 2.78. The van der Waals surface area contributed by atoms with E-state index in [0.717, 1.165) is 18.8 Å². The van der Waals surface area contributed by atoms with Crippen molar-refractivity contribution in [3.63, 3.8) is 0 Å². The zero-order valence-corrected chi connectivity index (χ0v) is 14.4. The van der Waals surface area contributed by atoms with E-state index in [2.05, 4.69) is 13.8 Å². The van der Waals surface area contributed by atoms with E-state index in [4.69, 9.17) is 9.88 Å². The van der Waals surface area contributed by atoms with Crippen molar-refractivity contribution >= 4 is 10.0 Å². The minimum atomic E-state index is -3.46. The SMILES string of the molecule is CC1CCC(OCC(CS(N)(=O)=O)C(C)(C)C)CC1C. The Morgan fingerprint density at radius 2 is 1.80 bits per heavy atom. The molecule has 2 N–H and O–H groups in total. The van der Waals surface area contributed by atoms with Gasteiger partial charge in [-0.15, -0.1) is 0 Å². The third kappa shape index (κ3) is 6.10. The van der Waals surface area contributed by atoms with Gasteiger partial charge in [-0.3, -0.25) is 0 Å². The average molecular weight is 305 g/mol. The molecule has 4 unspecified atom stereocenters.